The average Bonchev–Trinajstić information content (AvgIpc) is 1.46. The third-order valence-corrected chi connectivity index (χ3v) is 0. The van der Waals surface area contributed by atoms with Crippen LogP contribution in [0.3, 0.4) is 0 Å². The fourth-order valence-electron chi connectivity index (χ4n) is 0. The Morgan fingerprint density at radius 3 is 1.67 bits per heavy atom. The molecule has 0 aromatic heterocycles. The molecule has 1 atom stereocenters. The molecule has 0 fully saturated rings. The maximum atomic E-state index is 8.17. The van der Waals surface area contributed by atoms with Crippen LogP contribution in [-0.2, 0) is 4.57 Å². The van der Waals surface area contributed by atoms with Crippen molar-refractivity contribution in [3.8, 4) is 0 Å². The van der Waals surface area contributed by atoms with E-state index in [0.717, 1.165) is 0 Å². The predicted octanol–water partition coefficient (Wildman–Crippen LogP) is -1.78. The Balaban J connectivity index is -0.0000000275. The van der Waals surface area contributed by atoms with Gasteiger partial charge in [0.05, 0.1) is 0 Å². The van der Waals surface area contributed by atoms with Gasteiger partial charge in [-0.3, -0.25) is 0 Å². The van der Waals surface area contributed by atoms with Crippen LogP contribution in [0, 0.1) is 6.92 Å². The van der Waals surface area contributed by atoms with Crippen molar-refractivity contribution >= 4 is 9.12 Å². The largest absolute Gasteiger partial charge is 1.00 e. The van der Waals surface area contributed by atoms with E-state index in [1.807, 2.05) is 0 Å². The second-order valence-electron chi connectivity index (χ2n) is 0.289. The van der Waals surface area contributed by atoms with Crippen molar-refractivity contribution in [2.45, 2.75) is 0 Å². The standard InChI is InChI=1S/C3H5.Li.H2OP/c1-3-2;;1-2/h3H,1-2H2;;2H2/q-1;2*+1. The van der Waals surface area contributed by atoms with Crippen LogP contribution < -0.4 is 18.9 Å². The van der Waals surface area contributed by atoms with Gasteiger partial charge in [0.2, 0.25) is 0 Å². The molecule has 0 saturated carbocycles. The van der Waals surface area contributed by atoms with Gasteiger partial charge in [-0.15, -0.1) is 0 Å². The average molecular weight is 97.0 g/mol. The Bertz CT molecular complexity index is 24.8. The summed E-state index contributed by atoms with van der Waals surface area (Å²) in [4.78, 5) is 0. The molecule has 0 bridgehead atoms. The molecular weight excluding hydrogens is 89.9 g/mol. The Hall–Kier alpha value is 0.307. The van der Waals surface area contributed by atoms with Crippen molar-refractivity contribution in [2.75, 3.05) is 0 Å². The van der Waals surface area contributed by atoms with E-state index in [1.165, 1.54) is 15.2 Å². The summed E-state index contributed by atoms with van der Waals surface area (Å²) in [5, 5.41) is 0. The first kappa shape index (κ1) is 16.2. The second-order valence-corrected chi connectivity index (χ2v) is 0.289. The van der Waals surface area contributed by atoms with E-state index in [-0.39, 0.29) is 18.9 Å². The van der Waals surface area contributed by atoms with Crippen molar-refractivity contribution in [3.63, 3.8) is 0 Å². The van der Waals surface area contributed by atoms with Crippen molar-refractivity contribution in [1.82, 2.24) is 0 Å². The van der Waals surface area contributed by atoms with Crippen LogP contribution in [0.5, 0.6) is 0 Å². The van der Waals surface area contributed by atoms with Gasteiger partial charge in [0.1, 0.15) is 0 Å². The molecule has 0 rings (SSSR count). The van der Waals surface area contributed by atoms with Crippen LogP contribution in [0.1, 0.15) is 0 Å². The van der Waals surface area contributed by atoms with E-state index < -0.39 is 0 Å². The Morgan fingerprint density at radius 2 is 1.67 bits per heavy atom. The smallest absolute Gasteiger partial charge is 0.245 e. The molecule has 3 heteroatoms. The maximum absolute atomic E-state index is 8.17. The summed E-state index contributed by atoms with van der Waals surface area (Å²) in [5.41, 5.74) is 0. The van der Waals surface area contributed by atoms with Gasteiger partial charge >= 0.3 is 28.0 Å². The Labute approximate surface area is 52.6 Å². The molecule has 0 aliphatic carbocycles. The van der Waals surface area contributed by atoms with Crippen LogP contribution >= 0.6 is 9.12 Å². The number of rotatable bonds is 0. The number of allylic oxidation sites excluding steroid dienone is 1. The van der Waals surface area contributed by atoms with Crippen molar-refractivity contribution in [2.24, 2.45) is 0 Å². The number of hydrogen-bond acceptors (Lipinski definition) is 1. The Morgan fingerprint density at radius 1 is 1.67 bits per heavy atom. The molecule has 0 heterocycles. The minimum absolute atomic E-state index is 0. The first-order valence-corrected chi connectivity index (χ1v) is 1.52. The van der Waals surface area contributed by atoms with Crippen LogP contribution in [0.25, 0.3) is 0 Å². The molecule has 30 valence electrons. The van der Waals surface area contributed by atoms with Crippen LogP contribution in [0.2, 0.25) is 0 Å². The fourth-order valence-corrected chi connectivity index (χ4v) is 0. The molecular formula is C3H7LiOP+. The maximum Gasteiger partial charge on any atom is 1.00 e. The van der Waals surface area contributed by atoms with E-state index in [2.05, 4.69) is 13.5 Å². The van der Waals surface area contributed by atoms with Crippen LogP contribution in [0.4, 0.5) is 0 Å². The topological polar surface area (TPSA) is 17.1 Å². The monoisotopic (exact) mass is 97.0 g/mol. The summed E-state index contributed by atoms with van der Waals surface area (Å²) in [6.45, 7) is 6.50. The van der Waals surface area contributed by atoms with Gasteiger partial charge < -0.3 is 0 Å². The zero-order valence-corrected chi connectivity index (χ0v) is 5.13. The van der Waals surface area contributed by atoms with Gasteiger partial charge in [-0.2, -0.15) is 0 Å². The van der Waals surface area contributed by atoms with Gasteiger partial charge in [0, 0.05) is 0 Å². The molecule has 1 nitrogen and oxygen atoms in total. The molecule has 0 saturated heterocycles. The molecule has 0 N–H and O–H groups in total. The summed E-state index contributed by atoms with van der Waals surface area (Å²) in [6, 6.07) is 0. The van der Waals surface area contributed by atoms with Gasteiger partial charge in [-0.1, -0.05) is 4.57 Å². The quantitative estimate of drug-likeness (QED) is 0.198. The third kappa shape index (κ3) is 499. The van der Waals surface area contributed by atoms with E-state index in [4.69, 9.17) is 4.57 Å². The second kappa shape index (κ2) is 57.6. The molecule has 0 aromatic carbocycles. The van der Waals surface area contributed by atoms with Crippen molar-refractivity contribution < 1.29 is 23.4 Å². The van der Waals surface area contributed by atoms with E-state index >= 15 is 0 Å². The van der Waals surface area contributed by atoms with Gasteiger partial charge in [0.25, 0.3) is 0 Å². The third-order valence-electron chi connectivity index (χ3n) is 0. The normalized spacial score (nSPS) is 2.67. The summed E-state index contributed by atoms with van der Waals surface area (Å²) < 4.78 is 8.17. The summed E-state index contributed by atoms with van der Waals surface area (Å²) in [5.74, 6) is 0. The SMILES string of the molecule is C=C[CH2-].O=[PH2+].[Li+]. The van der Waals surface area contributed by atoms with Crippen LogP contribution in [0.15, 0.2) is 12.7 Å². The van der Waals surface area contributed by atoms with E-state index in [0.29, 0.717) is 0 Å². The van der Waals surface area contributed by atoms with Gasteiger partial charge in [-0.05, 0) is 0 Å². The fraction of sp³-hybridized carbons (Fsp3) is 0. The summed E-state index contributed by atoms with van der Waals surface area (Å²) in [6.07, 6.45) is 1.50. The predicted molar refractivity (Wildman–Crippen MR) is 26.0 cm³/mol. The zero-order chi connectivity index (χ0) is 4.71. The molecule has 0 spiro atoms. The molecule has 0 aliphatic heterocycles. The van der Waals surface area contributed by atoms with Crippen molar-refractivity contribution in [3.05, 3.63) is 19.6 Å². The first-order valence-electron chi connectivity index (χ1n) is 1.05. The van der Waals surface area contributed by atoms with Crippen LogP contribution in [-0.4, -0.2) is 0 Å². The van der Waals surface area contributed by atoms with E-state index in [1.54, 1.807) is 0 Å². The van der Waals surface area contributed by atoms with Crippen molar-refractivity contribution in [1.29, 1.82) is 0 Å². The minimum atomic E-state index is 0. The molecule has 0 radical (unpaired) electrons. The molecule has 0 amide bonds. The molecule has 6 heavy (non-hydrogen) atoms. The molecule has 0 aromatic rings. The summed E-state index contributed by atoms with van der Waals surface area (Å²) >= 11 is 0. The van der Waals surface area contributed by atoms with Gasteiger partial charge in [0.15, 0.2) is 0 Å². The van der Waals surface area contributed by atoms with Gasteiger partial charge in [-0.25, -0.2) is 19.6 Å². The van der Waals surface area contributed by atoms with E-state index in [9.17, 15) is 0 Å². The Kier molecular flexibility index (Phi) is 156. The summed E-state index contributed by atoms with van der Waals surface area (Å²) in [7, 11) is 1.17. The molecule has 0 aliphatic rings. The zero-order valence-electron chi connectivity index (χ0n) is 3.98. The minimum Gasteiger partial charge on any atom is -0.245 e. The molecule has 1 unspecified atom stereocenters. The first-order chi connectivity index (χ1) is 2.41. The number of hydrogen-bond donors (Lipinski definition) is 0.